The Labute approximate surface area is 124 Å². The van der Waals surface area contributed by atoms with Gasteiger partial charge in [-0.3, -0.25) is 0 Å². The number of likely N-dealkylation sites (N-methyl/N-ethyl adjacent to an activating group) is 1. The summed E-state index contributed by atoms with van der Waals surface area (Å²) in [5.41, 5.74) is 10.1. The number of ether oxygens (including phenoxy) is 1. The predicted octanol–water partition coefficient (Wildman–Crippen LogP) is 3.05. The molecule has 0 aliphatic rings. The van der Waals surface area contributed by atoms with Crippen molar-refractivity contribution in [1.29, 1.82) is 0 Å². The second-order valence-corrected chi connectivity index (χ2v) is 6.04. The number of hydrogen-bond acceptors (Lipinski definition) is 3. The molecule has 2 N–H and O–H groups in total. The Morgan fingerprint density at radius 2 is 1.70 bits per heavy atom. The molecule has 114 valence electrons. The van der Waals surface area contributed by atoms with Crippen LogP contribution in [0.2, 0.25) is 0 Å². The normalized spacial score (nSPS) is 13.2. The fourth-order valence-corrected chi connectivity index (χ4v) is 2.31. The third kappa shape index (κ3) is 6.51. The first-order valence-corrected chi connectivity index (χ1v) is 7.52. The molecule has 1 aromatic carbocycles. The van der Waals surface area contributed by atoms with E-state index < -0.39 is 0 Å². The van der Waals surface area contributed by atoms with E-state index in [-0.39, 0.29) is 6.04 Å². The average Bonchev–Trinajstić information content (AvgIpc) is 2.34. The Bertz CT molecular complexity index is 384. The number of aryl methyl sites for hydroxylation is 2. The Hall–Kier alpha value is -0.900. The van der Waals surface area contributed by atoms with Crippen molar-refractivity contribution in [2.45, 2.75) is 46.3 Å². The van der Waals surface area contributed by atoms with Gasteiger partial charge in [0.25, 0.3) is 0 Å². The molecule has 0 aromatic heterocycles. The van der Waals surface area contributed by atoms with E-state index in [0.29, 0.717) is 6.10 Å². The smallest absolute Gasteiger partial charge is 0.0596 e. The van der Waals surface area contributed by atoms with Crippen LogP contribution in [0.4, 0.5) is 0 Å². The van der Waals surface area contributed by atoms with Gasteiger partial charge in [0.05, 0.1) is 12.7 Å². The van der Waals surface area contributed by atoms with Crippen molar-refractivity contribution in [2.24, 2.45) is 5.73 Å². The van der Waals surface area contributed by atoms with Crippen LogP contribution >= 0.6 is 0 Å². The Morgan fingerprint density at radius 3 is 2.25 bits per heavy atom. The summed E-state index contributed by atoms with van der Waals surface area (Å²) in [4.78, 5) is 2.28. The van der Waals surface area contributed by atoms with Crippen molar-refractivity contribution in [1.82, 2.24) is 4.90 Å². The highest BCUT2D eigenvalue weighted by Crippen LogP contribution is 2.17. The molecule has 1 unspecified atom stereocenters. The molecule has 0 radical (unpaired) electrons. The van der Waals surface area contributed by atoms with Crippen molar-refractivity contribution >= 4 is 0 Å². The molecule has 0 saturated carbocycles. The van der Waals surface area contributed by atoms with E-state index in [9.17, 15) is 0 Å². The van der Waals surface area contributed by atoms with E-state index >= 15 is 0 Å². The highest BCUT2D eigenvalue weighted by Gasteiger charge is 2.09. The molecule has 0 spiro atoms. The molecule has 0 fully saturated rings. The van der Waals surface area contributed by atoms with Gasteiger partial charge in [-0.2, -0.15) is 0 Å². The molecule has 1 aromatic rings. The van der Waals surface area contributed by atoms with Gasteiger partial charge in [-0.25, -0.2) is 0 Å². The average molecular weight is 278 g/mol. The van der Waals surface area contributed by atoms with Crippen LogP contribution in [0.3, 0.4) is 0 Å². The van der Waals surface area contributed by atoms with E-state index in [1.54, 1.807) is 0 Å². The highest BCUT2D eigenvalue weighted by atomic mass is 16.5. The quantitative estimate of drug-likeness (QED) is 0.794. The van der Waals surface area contributed by atoms with Gasteiger partial charge < -0.3 is 15.4 Å². The van der Waals surface area contributed by atoms with Gasteiger partial charge in [-0.1, -0.05) is 29.3 Å². The molecule has 20 heavy (non-hydrogen) atoms. The van der Waals surface area contributed by atoms with E-state index in [4.69, 9.17) is 10.5 Å². The second kappa shape index (κ2) is 8.40. The van der Waals surface area contributed by atoms with E-state index in [0.717, 1.165) is 26.1 Å². The summed E-state index contributed by atoms with van der Waals surface area (Å²) in [5, 5.41) is 0. The monoisotopic (exact) mass is 278 g/mol. The number of rotatable bonds is 8. The standard InChI is InChI=1S/C17H30N2O/c1-13(2)20-9-8-19(5)7-6-17(18)16-11-14(3)10-15(4)12-16/h10-13,17H,6-9,18H2,1-5H3. The van der Waals surface area contributed by atoms with Crippen LogP contribution in [0.1, 0.15) is 43.0 Å². The van der Waals surface area contributed by atoms with Crippen LogP contribution in [-0.2, 0) is 4.74 Å². The minimum absolute atomic E-state index is 0.113. The number of hydrogen-bond donors (Lipinski definition) is 1. The highest BCUT2D eigenvalue weighted by molar-refractivity contribution is 5.30. The molecule has 0 aliphatic heterocycles. The third-order valence-electron chi connectivity index (χ3n) is 3.42. The van der Waals surface area contributed by atoms with Crippen LogP contribution in [0.25, 0.3) is 0 Å². The summed E-state index contributed by atoms with van der Waals surface area (Å²) in [6.07, 6.45) is 1.28. The minimum atomic E-state index is 0.113. The van der Waals surface area contributed by atoms with Crippen molar-refractivity contribution in [3.05, 3.63) is 34.9 Å². The van der Waals surface area contributed by atoms with Crippen LogP contribution in [0.5, 0.6) is 0 Å². The van der Waals surface area contributed by atoms with Gasteiger partial charge in [0.1, 0.15) is 0 Å². The first-order valence-electron chi connectivity index (χ1n) is 7.52. The molecule has 0 amide bonds. The molecule has 1 rings (SSSR count). The van der Waals surface area contributed by atoms with Crippen LogP contribution in [0, 0.1) is 13.8 Å². The summed E-state index contributed by atoms with van der Waals surface area (Å²) in [6, 6.07) is 6.69. The number of nitrogens with two attached hydrogens (primary N) is 1. The molecule has 3 heteroatoms. The van der Waals surface area contributed by atoms with E-state index in [2.05, 4.69) is 57.8 Å². The van der Waals surface area contributed by atoms with Crippen LogP contribution in [-0.4, -0.2) is 37.7 Å². The molecule has 0 saturated heterocycles. The summed E-state index contributed by atoms with van der Waals surface area (Å²) < 4.78 is 5.56. The van der Waals surface area contributed by atoms with Gasteiger partial charge in [-0.05, 0) is 53.3 Å². The van der Waals surface area contributed by atoms with E-state index in [1.165, 1.54) is 16.7 Å². The zero-order valence-electron chi connectivity index (χ0n) is 13.6. The lowest BCUT2D eigenvalue weighted by atomic mass is 10.00. The summed E-state index contributed by atoms with van der Waals surface area (Å²) in [7, 11) is 2.12. The SMILES string of the molecule is Cc1cc(C)cc(C(N)CCN(C)CCOC(C)C)c1. The molecule has 3 nitrogen and oxygen atoms in total. The maximum Gasteiger partial charge on any atom is 0.0596 e. The van der Waals surface area contributed by atoms with Crippen molar-refractivity contribution in [3.63, 3.8) is 0 Å². The zero-order valence-corrected chi connectivity index (χ0v) is 13.6. The second-order valence-electron chi connectivity index (χ2n) is 6.04. The largest absolute Gasteiger partial charge is 0.377 e. The zero-order chi connectivity index (χ0) is 15.1. The summed E-state index contributed by atoms with van der Waals surface area (Å²) in [5.74, 6) is 0. The first-order chi connectivity index (χ1) is 9.38. The molecular weight excluding hydrogens is 248 g/mol. The fraction of sp³-hybridized carbons (Fsp3) is 0.647. The summed E-state index contributed by atoms with van der Waals surface area (Å²) in [6.45, 7) is 11.1. The van der Waals surface area contributed by atoms with Gasteiger partial charge in [-0.15, -0.1) is 0 Å². The summed E-state index contributed by atoms with van der Waals surface area (Å²) >= 11 is 0. The van der Waals surface area contributed by atoms with Crippen molar-refractivity contribution in [3.8, 4) is 0 Å². The molecule has 1 atom stereocenters. The Morgan fingerprint density at radius 1 is 1.10 bits per heavy atom. The topological polar surface area (TPSA) is 38.5 Å². The lowest BCUT2D eigenvalue weighted by Gasteiger charge is -2.20. The lowest BCUT2D eigenvalue weighted by Crippen LogP contribution is -2.27. The third-order valence-corrected chi connectivity index (χ3v) is 3.42. The molecule has 0 aliphatic carbocycles. The minimum Gasteiger partial charge on any atom is -0.377 e. The Kier molecular flexibility index (Phi) is 7.20. The fourth-order valence-electron chi connectivity index (χ4n) is 2.31. The van der Waals surface area contributed by atoms with Crippen molar-refractivity contribution < 1.29 is 4.74 Å². The van der Waals surface area contributed by atoms with Gasteiger partial charge in [0, 0.05) is 12.6 Å². The number of benzene rings is 1. The predicted molar refractivity (Wildman–Crippen MR) is 86.0 cm³/mol. The molecular formula is C17H30N2O. The maximum atomic E-state index is 6.30. The van der Waals surface area contributed by atoms with E-state index in [1.807, 2.05) is 0 Å². The van der Waals surface area contributed by atoms with Gasteiger partial charge in [0.15, 0.2) is 0 Å². The first kappa shape index (κ1) is 17.2. The molecule has 0 heterocycles. The Balaban J connectivity index is 2.36. The van der Waals surface area contributed by atoms with Crippen molar-refractivity contribution in [2.75, 3.05) is 26.7 Å². The molecule has 0 bridgehead atoms. The van der Waals surface area contributed by atoms with Crippen LogP contribution in [0.15, 0.2) is 18.2 Å². The lowest BCUT2D eigenvalue weighted by molar-refractivity contribution is 0.0634. The maximum absolute atomic E-state index is 6.30. The number of nitrogens with zero attached hydrogens (tertiary/aromatic N) is 1. The van der Waals surface area contributed by atoms with Gasteiger partial charge >= 0.3 is 0 Å². The van der Waals surface area contributed by atoms with Gasteiger partial charge in [0.2, 0.25) is 0 Å². The van der Waals surface area contributed by atoms with Crippen LogP contribution < -0.4 is 5.73 Å².